The van der Waals surface area contributed by atoms with Crippen molar-refractivity contribution in [2.45, 2.75) is 27.2 Å². The van der Waals surface area contributed by atoms with Crippen molar-refractivity contribution in [1.29, 1.82) is 0 Å². The lowest BCUT2D eigenvalue weighted by atomic mass is 10.1. The Morgan fingerprint density at radius 2 is 2.10 bits per heavy atom. The average Bonchev–Trinajstić information content (AvgIpc) is 2.79. The van der Waals surface area contributed by atoms with Gasteiger partial charge in [-0.25, -0.2) is 4.98 Å². The van der Waals surface area contributed by atoms with Gasteiger partial charge in [0.05, 0.1) is 5.69 Å². The van der Waals surface area contributed by atoms with Crippen LogP contribution in [0.25, 0.3) is 5.65 Å². The number of fused-ring (bicyclic) bond motifs is 1. The topological polar surface area (TPSA) is 75.5 Å². The minimum atomic E-state index is -0.377. The molecule has 0 saturated heterocycles. The van der Waals surface area contributed by atoms with Gasteiger partial charge >= 0.3 is 0 Å². The maximum absolute atomic E-state index is 12.2. The summed E-state index contributed by atoms with van der Waals surface area (Å²) in [6, 6.07) is 5.50. The van der Waals surface area contributed by atoms with Crippen LogP contribution in [0.3, 0.4) is 0 Å². The van der Waals surface area contributed by atoms with Gasteiger partial charge in [-0.3, -0.25) is 24.8 Å². The molecule has 20 heavy (non-hydrogen) atoms. The van der Waals surface area contributed by atoms with E-state index in [2.05, 4.69) is 15.8 Å². The number of hydrazine groups is 1. The quantitative estimate of drug-likeness (QED) is 0.832. The number of aryl methyl sites for hydroxylation is 1. The summed E-state index contributed by atoms with van der Waals surface area (Å²) in [4.78, 5) is 28.1. The van der Waals surface area contributed by atoms with Gasteiger partial charge in [0.25, 0.3) is 5.91 Å². The Balaban J connectivity index is 2.16. The first kappa shape index (κ1) is 14.0. The van der Waals surface area contributed by atoms with Crippen LogP contribution in [0.5, 0.6) is 0 Å². The van der Waals surface area contributed by atoms with Gasteiger partial charge in [-0.05, 0) is 25.5 Å². The third-order valence-corrected chi connectivity index (χ3v) is 3.28. The van der Waals surface area contributed by atoms with Crippen LogP contribution in [0, 0.1) is 12.8 Å². The summed E-state index contributed by atoms with van der Waals surface area (Å²) in [6.45, 7) is 5.49. The number of nitrogens with one attached hydrogen (secondary N) is 2. The lowest BCUT2D eigenvalue weighted by molar-refractivity contribution is -0.125. The first-order valence-corrected chi connectivity index (χ1v) is 6.58. The summed E-state index contributed by atoms with van der Waals surface area (Å²) >= 11 is 0. The Hall–Kier alpha value is -2.37. The van der Waals surface area contributed by atoms with Crippen molar-refractivity contribution < 1.29 is 9.59 Å². The molecule has 0 spiro atoms. The molecule has 2 aromatic rings. The second-order valence-corrected chi connectivity index (χ2v) is 4.73. The molecule has 6 nitrogen and oxygen atoms in total. The summed E-state index contributed by atoms with van der Waals surface area (Å²) in [5, 5.41) is 0. The molecule has 1 unspecified atom stereocenters. The standard InChI is InChI=1S/C14H18N4O2/c1-4-9(2)13(19)16-17-14(20)12-10(3)15-11-7-5-6-8-18(11)12/h5-9H,4H2,1-3H3,(H,16,19)(H,17,20). The van der Waals surface area contributed by atoms with E-state index in [-0.39, 0.29) is 17.7 Å². The number of aromatic nitrogens is 2. The van der Waals surface area contributed by atoms with Crippen molar-refractivity contribution in [2.24, 2.45) is 5.92 Å². The number of carbonyl (C=O) groups excluding carboxylic acids is 2. The first-order valence-electron chi connectivity index (χ1n) is 6.58. The second-order valence-electron chi connectivity index (χ2n) is 4.73. The fourth-order valence-electron chi connectivity index (χ4n) is 1.87. The van der Waals surface area contributed by atoms with Gasteiger partial charge in [0.15, 0.2) is 0 Å². The minimum Gasteiger partial charge on any atom is -0.295 e. The van der Waals surface area contributed by atoms with Gasteiger partial charge in [0.2, 0.25) is 5.91 Å². The average molecular weight is 274 g/mol. The summed E-state index contributed by atoms with van der Waals surface area (Å²) in [7, 11) is 0. The van der Waals surface area contributed by atoms with Gasteiger partial charge < -0.3 is 0 Å². The molecular weight excluding hydrogens is 256 g/mol. The van der Waals surface area contributed by atoms with E-state index in [0.29, 0.717) is 17.0 Å². The van der Waals surface area contributed by atoms with Crippen LogP contribution in [0.1, 0.15) is 36.5 Å². The number of imidazole rings is 1. The molecule has 106 valence electrons. The number of nitrogens with zero attached hydrogens (tertiary/aromatic N) is 2. The number of carbonyl (C=O) groups is 2. The molecule has 0 aromatic carbocycles. The number of hydrogen-bond donors (Lipinski definition) is 2. The fraction of sp³-hybridized carbons (Fsp3) is 0.357. The van der Waals surface area contributed by atoms with Crippen molar-refractivity contribution >= 4 is 17.5 Å². The SMILES string of the molecule is CCC(C)C(=O)NNC(=O)c1c(C)nc2ccccn12. The molecule has 6 heteroatoms. The first-order chi connectivity index (χ1) is 9.54. The predicted octanol–water partition coefficient (Wildman–Crippen LogP) is 1.45. The molecule has 0 radical (unpaired) electrons. The Labute approximate surface area is 117 Å². The van der Waals surface area contributed by atoms with Crippen molar-refractivity contribution in [3.63, 3.8) is 0 Å². The molecule has 0 saturated carbocycles. The largest absolute Gasteiger partial charge is 0.295 e. The highest BCUT2D eigenvalue weighted by Gasteiger charge is 2.17. The van der Waals surface area contributed by atoms with Crippen LogP contribution >= 0.6 is 0 Å². The molecule has 0 aliphatic rings. The van der Waals surface area contributed by atoms with Gasteiger partial charge in [-0.1, -0.05) is 19.9 Å². The van der Waals surface area contributed by atoms with Crippen LogP contribution in [0.2, 0.25) is 0 Å². The zero-order valence-electron chi connectivity index (χ0n) is 11.8. The summed E-state index contributed by atoms with van der Waals surface area (Å²) in [5.74, 6) is -0.719. The number of hydrogen-bond acceptors (Lipinski definition) is 3. The lowest BCUT2D eigenvalue weighted by Gasteiger charge is -2.11. The van der Waals surface area contributed by atoms with Crippen LogP contribution in [0.15, 0.2) is 24.4 Å². The molecule has 2 amide bonds. The van der Waals surface area contributed by atoms with Gasteiger partial charge in [0.1, 0.15) is 11.3 Å². The van der Waals surface area contributed by atoms with Crippen molar-refractivity contribution in [3.05, 3.63) is 35.8 Å². The van der Waals surface area contributed by atoms with E-state index >= 15 is 0 Å². The molecule has 2 heterocycles. The van der Waals surface area contributed by atoms with Gasteiger partial charge in [-0.2, -0.15) is 0 Å². The maximum atomic E-state index is 12.2. The van der Waals surface area contributed by atoms with Gasteiger partial charge in [-0.15, -0.1) is 0 Å². The van der Waals surface area contributed by atoms with E-state index in [1.807, 2.05) is 25.1 Å². The Kier molecular flexibility index (Phi) is 4.02. The van der Waals surface area contributed by atoms with Crippen molar-refractivity contribution in [1.82, 2.24) is 20.2 Å². The fourth-order valence-corrected chi connectivity index (χ4v) is 1.87. The zero-order chi connectivity index (χ0) is 14.7. The molecule has 2 N–H and O–H groups in total. The van der Waals surface area contributed by atoms with Crippen molar-refractivity contribution in [2.75, 3.05) is 0 Å². The van der Waals surface area contributed by atoms with E-state index in [1.54, 1.807) is 24.4 Å². The monoisotopic (exact) mass is 274 g/mol. The zero-order valence-corrected chi connectivity index (χ0v) is 11.8. The molecule has 0 fully saturated rings. The highest BCUT2D eigenvalue weighted by atomic mass is 16.2. The smallest absolute Gasteiger partial charge is 0.288 e. The Morgan fingerprint density at radius 1 is 1.35 bits per heavy atom. The van der Waals surface area contributed by atoms with E-state index < -0.39 is 0 Å². The maximum Gasteiger partial charge on any atom is 0.288 e. The normalized spacial score (nSPS) is 12.2. The summed E-state index contributed by atoms with van der Waals surface area (Å²) < 4.78 is 1.69. The second kappa shape index (κ2) is 5.73. The molecule has 2 aromatic heterocycles. The molecule has 0 aliphatic heterocycles. The Bertz CT molecular complexity index is 648. The number of rotatable bonds is 3. The van der Waals surface area contributed by atoms with Gasteiger partial charge in [0, 0.05) is 12.1 Å². The lowest BCUT2D eigenvalue weighted by Crippen LogP contribution is -2.44. The summed E-state index contributed by atoms with van der Waals surface area (Å²) in [6.07, 6.45) is 2.48. The highest BCUT2D eigenvalue weighted by molar-refractivity contribution is 5.95. The third kappa shape index (κ3) is 2.64. The molecule has 0 bridgehead atoms. The molecule has 0 aliphatic carbocycles. The van der Waals surface area contributed by atoms with Crippen LogP contribution in [-0.2, 0) is 4.79 Å². The van der Waals surface area contributed by atoms with Crippen molar-refractivity contribution in [3.8, 4) is 0 Å². The molecule has 1 atom stereocenters. The van der Waals surface area contributed by atoms with E-state index in [1.165, 1.54) is 0 Å². The predicted molar refractivity (Wildman–Crippen MR) is 75.0 cm³/mol. The highest BCUT2D eigenvalue weighted by Crippen LogP contribution is 2.11. The van der Waals surface area contributed by atoms with E-state index in [0.717, 1.165) is 6.42 Å². The van der Waals surface area contributed by atoms with E-state index in [9.17, 15) is 9.59 Å². The number of amides is 2. The van der Waals surface area contributed by atoms with Crippen LogP contribution in [0.4, 0.5) is 0 Å². The molecule has 2 rings (SSSR count). The molecular formula is C14H18N4O2. The summed E-state index contributed by atoms with van der Waals surface area (Å²) in [5.41, 5.74) is 6.60. The Morgan fingerprint density at radius 3 is 2.80 bits per heavy atom. The van der Waals surface area contributed by atoms with Crippen LogP contribution < -0.4 is 10.9 Å². The van der Waals surface area contributed by atoms with Crippen LogP contribution in [-0.4, -0.2) is 21.2 Å². The number of pyridine rings is 1. The third-order valence-electron chi connectivity index (χ3n) is 3.28. The minimum absolute atomic E-state index is 0.140. The van der Waals surface area contributed by atoms with E-state index in [4.69, 9.17) is 0 Å².